The molecule has 0 fully saturated rings. The van der Waals surface area contributed by atoms with Gasteiger partial charge in [-0.05, 0) is 199 Å². The smallest absolute Gasteiger partial charge is 0.149 e. The summed E-state index contributed by atoms with van der Waals surface area (Å²) in [6, 6.07) is 80.4. The van der Waals surface area contributed by atoms with Crippen LogP contribution in [0.25, 0.3) is 65.6 Å². The van der Waals surface area contributed by atoms with Gasteiger partial charge in [0.2, 0.25) is 0 Å². The van der Waals surface area contributed by atoms with Gasteiger partial charge in [-0.25, -0.2) is 0 Å². The van der Waals surface area contributed by atoms with Crippen LogP contribution in [0, 0.1) is 23.7 Å². The number of fused-ring (bicyclic) bond motifs is 10. The molecule has 0 aliphatic heterocycles. The van der Waals surface area contributed by atoms with Crippen molar-refractivity contribution in [3.05, 3.63) is 275 Å². The van der Waals surface area contributed by atoms with E-state index in [1.807, 2.05) is 38.4 Å². The molecule has 5 heteroatoms. The Morgan fingerprint density at radius 3 is 1.17 bits per heavy atom. The Balaban J connectivity index is 0.868. The summed E-state index contributed by atoms with van der Waals surface area (Å²) in [6.45, 7) is 4.38. The van der Waals surface area contributed by atoms with Gasteiger partial charge in [-0.1, -0.05) is 145 Å². The van der Waals surface area contributed by atoms with Gasteiger partial charge in [0.1, 0.15) is 24.7 Å². The molecule has 0 saturated heterocycles. The number of hydrogen-bond acceptors (Lipinski definition) is 5. The SMILES string of the molecule is CC#CCOc1ccc2cc(C3(c4ccc(Sc5ccc(C6(c7ccc8cc(OCC#CC)ccc8c7)c7cc8ccccc8cc7-c7ncccc76)cc5)cc4)c4cc5ccccc5cc4-c4ncccc43)ccc2c1. The van der Waals surface area contributed by atoms with Crippen molar-refractivity contribution < 1.29 is 9.47 Å². The second-order valence-corrected chi connectivity index (χ2v) is 21.0. The second kappa shape index (κ2) is 18.8. The Morgan fingerprint density at radius 2 is 0.740 bits per heavy atom. The standard InChI is InChI=1S/C72H48N2O2S/c1-3-5-37-75-59-29-21-51-39-57(23-19-53(51)41-59)71(65-17-11-35-73-69(65)63-43-47-13-7-9-15-49(47)45-67(63)71)55-25-31-61(32-26-55)77-62-33-27-56(28-34-62)72(58-24-20-54-42-60(76-38-6-4-2)30-22-52(54)40-58)66-18-12-36-74-70(66)64-44-48-14-8-10-16-50(48)46-68(64)72/h7-36,39-46H,37-38H2,1-2H3. The van der Waals surface area contributed by atoms with Crippen LogP contribution in [0.5, 0.6) is 11.5 Å². The average Bonchev–Trinajstić information content (AvgIpc) is 4.17. The maximum atomic E-state index is 5.99. The Kier molecular flexibility index (Phi) is 11.3. The van der Waals surface area contributed by atoms with Crippen molar-refractivity contribution in [3.63, 3.8) is 0 Å². The van der Waals surface area contributed by atoms with Crippen molar-refractivity contribution in [1.82, 2.24) is 9.97 Å². The monoisotopic (exact) mass is 1000 g/mol. The molecule has 2 unspecified atom stereocenters. The molecule has 2 aromatic heterocycles. The summed E-state index contributed by atoms with van der Waals surface area (Å²) in [6.07, 6.45) is 3.85. The number of rotatable bonds is 10. The van der Waals surface area contributed by atoms with E-state index in [1.165, 1.54) is 66.1 Å². The fourth-order valence-corrected chi connectivity index (χ4v) is 13.2. The number of aromatic nitrogens is 2. The Hall–Kier alpha value is -9.39. The zero-order chi connectivity index (χ0) is 51.5. The van der Waals surface area contributed by atoms with Crippen molar-refractivity contribution >= 4 is 54.9 Å². The molecule has 0 saturated carbocycles. The molecule has 364 valence electrons. The first-order valence-corrected chi connectivity index (χ1v) is 26.9. The summed E-state index contributed by atoms with van der Waals surface area (Å²) in [5.41, 5.74) is 12.6. The van der Waals surface area contributed by atoms with Gasteiger partial charge in [-0.3, -0.25) is 9.97 Å². The highest BCUT2D eigenvalue weighted by molar-refractivity contribution is 7.99. The van der Waals surface area contributed by atoms with Gasteiger partial charge in [-0.15, -0.1) is 11.8 Å². The number of ether oxygens (including phenoxy) is 2. The van der Waals surface area contributed by atoms with E-state index in [2.05, 4.69) is 230 Å². The van der Waals surface area contributed by atoms with Crippen molar-refractivity contribution in [1.29, 1.82) is 0 Å². The highest BCUT2D eigenvalue weighted by Gasteiger charge is 2.49. The zero-order valence-electron chi connectivity index (χ0n) is 42.5. The third kappa shape index (κ3) is 7.50. The van der Waals surface area contributed by atoms with Crippen LogP contribution in [-0.2, 0) is 10.8 Å². The van der Waals surface area contributed by atoms with Crippen molar-refractivity contribution in [2.24, 2.45) is 0 Å². The minimum absolute atomic E-state index is 0.360. The molecule has 2 heterocycles. The molecular weight excluding hydrogens is 957 g/mol. The molecule has 4 nitrogen and oxygen atoms in total. The fourth-order valence-electron chi connectivity index (χ4n) is 12.4. The zero-order valence-corrected chi connectivity index (χ0v) is 43.3. The topological polar surface area (TPSA) is 44.2 Å². The first kappa shape index (κ1) is 46.2. The van der Waals surface area contributed by atoms with E-state index >= 15 is 0 Å². The van der Waals surface area contributed by atoms with Crippen LogP contribution in [0.1, 0.15) is 58.4 Å². The highest BCUT2D eigenvalue weighted by atomic mass is 32.2. The van der Waals surface area contributed by atoms with Crippen LogP contribution in [0.3, 0.4) is 0 Å². The molecule has 14 rings (SSSR count). The third-order valence-corrected chi connectivity index (χ3v) is 16.8. The van der Waals surface area contributed by atoms with Gasteiger partial charge in [0.25, 0.3) is 0 Å². The minimum atomic E-state index is -0.640. The van der Waals surface area contributed by atoms with Crippen LogP contribution in [0.4, 0.5) is 0 Å². The lowest BCUT2D eigenvalue weighted by Gasteiger charge is -2.34. The third-order valence-electron chi connectivity index (χ3n) is 15.8. The van der Waals surface area contributed by atoms with Gasteiger partial charge in [-0.2, -0.15) is 0 Å². The van der Waals surface area contributed by atoms with Crippen LogP contribution in [-0.4, -0.2) is 23.2 Å². The minimum Gasteiger partial charge on any atom is -0.481 e. The maximum absolute atomic E-state index is 5.99. The molecule has 0 amide bonds. The Morgan fingerprint density at radius 1 is 0.364 bits per heavy atom. The van der Waals surface area contributed by atoms with Crippen LogP contribution < -0.4 is 9.47 Å². The van der Waals surface area contributed by atoms with Gasteiger partial charge in [0.05, 0.1) is 22.2 Å². The Labute approximate surface area is 452 Å². The predicted octanol–water partition coefficient (Wildman–Crippen LogP) is 16.8. The molecule has 12 aromatic rings. The average molecular weight is 1010 g/mol. The van der Waals surface area contributed by atoms with Crippen LogP contribution in [0.15, 0.2) is 241 Å². The van der Waals surface area contributed by atoms with Crippen LogP contribution in [0.2, 0.25) is 0 Å². The fraction of sp³-hybridized carbons (Fsp3) is 0.0833. The number of nitrogens with zero attached hydrogens (tertiary/aromatic N) is 2. The molecular formula is C72H48N2O2S. The normalized spacial score (nSPS) is 15.7. The lowest BCUT2D eigenvalue weighted by molar-refractivity contribution is 0.370. The molecule has 2 atom stereocenters. The number of benzene rings is 10. The van der Waals surface area contributed by atoms with Gasteiger partial charge in [0.15, 0.2) is 0 Å². The van der Waals surface area contributed by atoms with Crippen molar-refractivity contribution in [3.8, 4) is 57.7 Å². The lowest BCUT2D eigenvalue weighted by Crippen LogP contribution is -2.28. The van der Waals surface area contributed by atoms with Crippen molar-refractivity contribution in [2.75, 3.05) is 13.2 Å². The number of hydrogen-bond donors (Lipinski definition) is 0. The molecule has 10 aromatic carbocycles. The second-order valence-electron chi connectivity index (χ2n) is 19.8. The van der Waals surface area contributed by atoms with Gasteiger partial charge < -0.3 is 9.47 Å². The Bertz CT molecular complexity index is 4200. The first-order valence-electron chi connectivity index (χ1n) is 26.0. The lowest BCUT2D eigenvalue weighted by atomic mass is 9.67. The first-order chi connectivity index (χ1) is 38.0. The summed E-state index contributed by atoms with van der Waals surface area (Å²) in [4.78, 5) is 12.5. The van der Waals surface area contributed by atoms with Crippen LogP contribution >= 0.6 is 11.8 Å². The largest absolute Gasteiger partial charge is 0.481 e. The highest BCUT2D eigenvalue weighted by Crippen LogP contribution is 2.59. The molecule has 0 bridgehead atoms. The molecule has 77 heavy (non-hydrogen) atoms. The molecule has 0 radical (unpaired) electrons. The van der Waals surface area contributed by atoms with E-state index < -0.39 is 10.8 Å². The van der Waals surface area contributed by atoms with Crippen molar-refractivity contribution in [2.45, 2.75) is 34.5 Å². The van der Waals surface area contributed by atoms with E-state index in [0.29, 0.717) is 13.2 Å². The van der Waals surface area contributed by atoms with E-state index in [1.54, 1.807) is 11.8 Å². The summed E-state index contributed by atoms with van der Waals surface area (Å²) in [7, 11) is 0. The summed E-state index contributed by atoms with van der Waals surface area (Å²) >= 11 is 1.78. The summed E-state index contributed by atoms with van der Waals surface area (Å²) in [5, 5.41) is 9.30. The molecule has 0 N–H and O–H groups in total. The van der Waals surface area contributed by atoms with E-state index in [9.17, 15) is 0 Å². The van der Waals surface area contributed by atoms with Gasteiger partial charge >= 0.3 is 0 Å². The number of pyridine rings is 2. The summed E-state index contributed by atoms with van der Waals surface area (Å²) in [5.74, 6) is 13.5. The quantitative estimate of drug-likeness (QED) is 0.128. The summed E-state index contributed by atoms with van der Waals surface area (Å²) < 4.78 is 12.0. The molecule has 2 aliphatic rings. The van der Waals surface area contributed by atoms with E-state index in [-0.39, 0.29) is 0 Å². The maximum Gasteiger partial charge on any atom is 0.149 e. The molecule has 2 aliphatic carbocycles. The van der Waals surface area contributed by atoms with Gasteiger partial charge in [0, 0.05) is 33.3 Å². The predicted molar refractivity (Wildman–Crippen MR) is 315 cm³/mol. The molecule has 0 spiro atoms. The van der Waals surface area contributed by atoms with E-state index in [0.717, 1.165) is 65.3 Å². The van der Waals surface area contributed by atoms with E-state index in [4.69, 9.17) is 19.4 Å².